The van der Waals surface area contributed by atoms with Crippen molar-refractivity contribution < 1.29 is 50.2 Å². The molecule has 4 radical (unpaired) electrons. The second-order valence-electron chi connectivity index (χ2n) is 0.600. The Morgan fingerprint density at radius 2 is 1.00 bits per heavy atom. The molecule has 0 aromatic rings. The Kier molecular flexibility index (Phi) is 13.9. The van der Waals surface area contributed by atoms with E-state index in [-0.39, 0.29) is 58.3 Å². The van der Waals surface area contributed by atoms with Crippen LogP contribution >= 0.6 is 0 Å². The minimum atomic E-state index is -4.61. The van der Waals surface area contributed by atoms with Gasteiger partial charge in [-0.2, -0.15) is 0 Å². The molecule has 0 fully saturated rings. The van der Waals surface area contributed by atoms with E-state index < -0.39 is 9.05 Å². The maximum Gasteiger partial charge on any atom is 1.00 e. The van der Waals surface area contributed by atoms with Gasteiger partial charge in [0.25, 0.3) is 0 Å². The molecule has 7 heavy (non-hydrogen) atoms. The van der Waals surface area contributed by atoms with Crippen LogP contribution in [0, 0.1) is 0 Å². The van der Waals surface area contributed by atoms with Crippen LogP contribution < -0.4 is 29.6 Å². The Labute approximate surface area is 85.6 Å². The third-order valence-electron chi connectivity index (χ3n) is 0. The van der Waals surface area contributed by atoms with E-state index in [2.05, 4.69) is 0 Å². The molecule has 4 N–H and O–H groups in total. The second kappa shape index (κ2) is 6.10. The summed E-state index contributed by atoms with van der Waals surface area (Å²) in [5.41, 5.74) is 0. The molecule has 0 atom stereocenters. The quantitative estimate of drug-likeness (QED) is 0.334. The van der Waals surface area contributed by atoms with Gasteiger partial charge in [-0.1, -0.05) is 0 Å². The van der Waals surface area contributed by atoms with Crippen molar-refractivity contribution >= 4 is 36.3 Å². The van der Waals surface area contributed by atoms with Crippen molar-refractivity contribution in [2.24, 2.45) is 0 Å². The summed E-state index contributed by atoms with van der Waals surface area (Å²) in [6.07, 6.45) is 0. The van der Waals surface area contributed by atoms with Crippen molar-refractivity contribution in [2.45, 2.75) is 0 Å². The molecule has 0 amide bonds. The molecule has 0 saturated carbocycles. The fraction of sp³-hybridized carbons (Fsp3) is 0. The van der Waals surface area contributed by atoms with E-state index in [0.29, 0.717) is 0 Å². The third-order valence-corrected chi connectivity index (χ3v) is 0. The van der Waals surface area contributed by atoms with Crippen molar-refractivity contribution in [3.05, 3.63) is 0 Å². The molecule has 7 heteroatoms. The van der Waals surface area contributed by atoms with Crippen LogP contribution in [0.25, 0.3) is 0 Å². The van der Waals surface area contributed by atoms with Crippen LogP contribution in [0.1, 0.15) is 1.43 Å². The van der Waals surface area contributed by atoms with Crippen LogP contribution in [-0.4, -0.2) is 55.5 Å². The van der Waals surface area contributed by atoms with Crippen LogP contribution in [0.15, 0.2) is 0 Å². The van der Waals surface area contributed by atoms with Crippen LogP contribution in [-0.2, 0) is 0 Å². The van der Waals surface area contributed by atoms with Crippen molar-refractivity contribution in [1.29, 1.82) is 0 Å². The molecule has 0 unspecified atom stereocenters. The normalized spacial score (nSPS) is 8.57. The second-order valence-corrected chi connectivity index (χ2v) is 1.80. The maximum atomic E-state index is 7.33. The SMILES string of the molecule is O[Si](O)(O)O.[H-].[Na+].[Pb]. The van der Waals surface area contributed by atoms with Gasteiger partial charge in [-0.3, -0.25) is 0 Å². The number of rotatable bonds is 0. The largest absolute Gasteiger partial charge is 1.00 e. The molecule has 0 aliphatic rings. The maximum absolute atomic E-state index is 7.33. The Hall–Kier alpha value is 1.98. The molecule has 0 bridgehead atoms. The summed E-state index contributed by atoms with van der Waals surface area (Å²) in [6, 6.07) is 0. The first-order chi connectivity index (χ1) is 2.00. The van der Waals surface area contributed by atoms with Gasteiger partial charge in [0.15, 0.2) is 0 Å². The summed E-state index contributed by atoms with van der Waals surface area (Å²) in [5.74, 6) is 0. The van der Waals surface area contributed by atoms with Crippen LogP contribution in [0.4, 0.5) is 0 Å². The van der Waals surface area contributed by atoms with Crippen molar-refractivity contribution in [3.8, 4) is 0 Å². The minimum absolute atomic E-state index is 0. The van der Waals surface area contributed by atoms with E-state index in [1.807, 2.05) is 0 Å². The van der Waals surface area contributed by atoms with Crippen molar-refractivity contribution in [2.75, 3.05) is 0 Å². The van der Waals surface area contributed by atoms with Gasteiger partial charge in [-0.25, -0.2) is 0 Å². The fourth-order valence-electron chi connectivity index (χ4n) is 0. The first kappa shape index (κ1) is 16.0. The zero-order valence-electron chi connectivity index (χ0n) is 4.79. The molecular formula is H5NaO4PbSi. The van der Waals surface area contributed by atoms with E-state index in [0.717, 1.165) is 0 Å². The van der Waals surface area contributed by atoms with Gasteiger partial charge in [0.2, 0.25) is 0 Å². The van der Waals surface area contributed by atoms with Gasteiger partial charge in [0.1, 0.15) is 0 Å². The summed E-state index contributed by atoms with van der Waals surface area (Å²) in [4.78, 5) is 29.3. The van der Waals surface area contributed by atoms with Gasteiger partial charge in [-0.15, -0.1) is 0 Å². The molecular weight excluding hydrogens is 322 g/mol. The van der Waals surface area contributed by atoms with Crippen LogP contribution in [0.3, 0.4) is 0 Å². The number of hydrogen-bond donors (Lipinski definition) is 4. The van der Waals surface area contributed by atoms with Gasteiger partial charge < -0.3 is 20.6 Å². The average Bonchev–Trinajstić information content (AvgIpc) is 0.722. The molecule has 0 aliphatic carbocycles. The Morgan fingerprint density at radius 1 is 1.00 bits per heavy atom. The number of hydrogen-bond acceptors (Lipinski definition) is 4. The van der Waals surface area contributed by atoms with Crippen LogP contribution in [0.2, 0.25) is 0 Å². The predicted octanol–water partition coefficient (Wildman–Crippen LogP) is -5.87. The standard InChI is InChI=1S/Na.H4O4Si.Pb.H/c;1-5(2,3)4;;/h;1-4H;;/q+1;;;-1. The third kappa shape index (κ3) is 72.8. The molecule has 0 aliphatic heterocycles. The van der Waals surface area contributed by atoms with Gasteiger partial charge in [0, 0.05) is 27.3 Å². The molecule has 0 spiro atoms. The Balaban J connectivity index is -0.0000000267. The summed E-state index contributed by atoms with van der Waals surface area (Å²) in [6.45, 7) is 0. The van der Waals surface area contributed by atoms with E-state index in [9.17, 15) is 0 Å². The molecule has 0 saturated heterocycles. The Bertz CT molecular complexity index is 31.5. The van der Waals surface area contributed by atoms with E-state index in [1.54, 1.807) is 0 Å². The molecule has 0 aromatic heterocycles. The monoisotopic (exact) mass is 328 g/mol. The molecule has 0 aromatic carbocycles. The molecule has 38 valence electrons. The van der Waals surface area contributed by atoms with Crippen molar-refractivity contribution in [1.82, 2.24) is 0 Å². The van der Waals surface area contributed by atoms with E-state index >= 15 is 0 Å². The first-order valence-electron chi connectivity index (χ1n) is 0.894. The van der Waals surface area contributed by atoms with Gasteiger partial charge >= 0.3 is 38.6 Å². The fourth-order valence-corrected chi connectivity index (χ4v) is 0. The topological polar surface area (TPSA) is 80.9 Å². The summed E-state index contributed by atoms with van der Waals surface area (Å²) in [5, 5.41) is 0. The zero-order chi connectivity index (χ0) is 4.50. The summed E-state index contributed by atoms with van der Waals surface area (Å²) >= 11 is 0. The average molecular weight is 327 g/mol. The van der Waals surface area contributed by atoms with Gasteiger partial charge in [0.05, 0.1) is 0 Å². The summed E-state index contributed by atoms with van der Waals surface area (Å²) in [7, 11) is -4.61. The smallest absolute Gasteiger partial charge is 1.00 e. The van der Waals surface area contributed by atoms with E-state index in [4.69, 9.17) is 19.2 Å². The minimum Gasteiger partial charge on any atom is -1.00 e. The zero-order valence-corrected chi connectivity index (χ0v) is 10.7. The molecule has 0 rings (SSSR count). The Morgan fingerprint density at radius 3 is 1.00 bits per heavy atom. The van der Waals surface area contributed by atoms with Crippen molar-refractivity contribution in [3.63, 3.8) is 0 Å². The first-order valence-corrected chi connectivity index (χ1v) is 2.68. The van der Waals surface area contributed by atoms with E-state index in [1.165, 1.54) is 0 Å². The molecule has 0 heterocycles. The van der Waals surface area contributed by atoms with Crippen LogP contribution in [0.5, 0.6) is 0 Å². The molecule has 4 nitrogen and oxygen atoms in total. The summed E-state index contributed by atoms with van der Waals surface area (Å²) < 4.78 is 0. The van der Waals surface area contributed by atoms with Gasteiger partial charge in [-0.05, 0) is 0 Å². The predicted molar refractivity (Wildman–Crippen MR) is 21.5 cm³/mol.